The monoisotopic (exact) mass is 508 g/mol. The first-order valence-corrected chi connectivity index (χ1v) is 11.7. The van der Waals surface area contributed by atoms with Gasteiger partial charge in [-0.3, -0.25) is 4.79 Å². The highest BCUT2D eigenvalue weighted by Gasteiger charge is 2.16. The van der Waals surface area contributed by atoms with Gasteiger partial charge in [-0.15, -0.1) is 0 Å². The number of carbonyl (C=O) groups excluding carboxylic acids is 1. The van der Waals surface area contributed by atoms with Crippen molar-refractivity contribution in [3.63, 3.8) is 0 Å². The van der Waals surface area contributed by atoms with Gasteiger partial charge in [-0.2, -0.15) is 0 Å². The third-order valence-electron chi connectivity index (χ3n) is 5.56. The zero-order valence-corrected chi connectivity index (χ0v) is 20.9. The number of aromatic nitrogens is 2. The first-order valence-electron chi connectivity index (χ1n) is 11.4. The van der Waals surface area contributed by atoms with E-state index in [-0.39, 0.29) is 24.4 Å². The molecule has 0 fully saturated rings. The number of fused-ring (bicyclic) bond motifs is 1. The van der Waals surface area contributed by atoms with Gasteiger partial charge in [-0.1, -0.05) is 35.9 Å². The van der Waals surface area contributed by atoms with Gasteiger partial charge in [0.15, 0.2) is 0 Å². The Balaban J connectivity index is 1.54. The summed E-state index contributed by atoms with van der Waals surface area (Å²) >= 11 is 6.45. The lowest BCUT2D eigenvalue weighted by Crippen LogP contribution is -2.34. The number of hydrogen-bond donors (Lipinski definition) is 1. The van der Waals surface area contributed by atoms with E-state index in [1.165, 1.54) is 19.3 Å². The van der Waals surface area contributed by atoms with Gasteiger partial charge in [0.25, 0.3) is 0 Å². The fraction of sp³-hybridized carbons (Fsp3) is 0.222. The topological polar surface area (TPSA) is 76.6 Å². The second-order valence-corrected chi connectivity index (χ2v) is 8.76. The molecule has 0 bridgehead atoms. The van der Waals surface area contributed by atoms with Crippen LogP contribution < -0.4 is 14.8 Å². The summed E-state index contributed by atoms with van der Waals surface area (Å²) in [7, 11) is 1.73. The summed E-state index contributed by atoms with van der Waals surface area (Å²) in [6.07, 6.45) is 1.22. The van der Waals surface area contributed by atoms with Crippen molar-refractivity contribution in [1.82, 2.24) is 14.9 Å². The van der Waals surface area contributed by atoms with Crippen molar-refractivity contribution < 1.29 is 18.7 Å². The number of nitrogens with zero attached hydrogens (tertiary/aromatic N) is 3. The van der Waals surface area contributed by atoms with Crippen LogP contribution in [0.2, 0.25) is 5.02 Å². The molecule has 0 saturated heterocycles. The number of nitrogens with one attached hydrogen (secondary N) is 1. The van der Waals surface area contributed by atoms with Gasteiger partial charge in [0, 0.05) is 25.2 Å². The predicted octanol–water partition coefficient (Wildman–Crippen LogP) is 5.99. The Morgan fingerprint density at radius 3 is 2.67 bits per heavy atom. The average Bonchev–Trinajstić information content (AvgIpc) is 2.84. The molecule has 0 radical (unpaired) electrons. The Morgan fingerprint density at radius 2 is 1.92 bits per heavy atom. The molecule has 36 heavy (non-hydrogen) atoms. The first kappa shape index (κ1) is 25.2. The molecule has 1 aromatic heterocycles. The second kappa shape index (κ2) is 11.2. The van der Waals surface area contributed by atoms with Gasteiger partial charge in [0.2, 0.25) is 5.91 Å². The van der Waals surface area contributed by atoms with Gasteiger partial charge in [0.1, 0.15) is 42.2 Å². The van der Waals surface area contributed by atoms with Crippen LogP contribution >= 0.6 is 11.6 Å². The lowest BCUT2D eigenvalue weighted by Gasteiger charge is -2.22. The van der Waals surface area contributed by atoms with Crippen molar-refractivity contribution in [2.75, 3.05) is 18.9 Å². The van der Waals surface area contributed by atoms with Crippen LogP contribution in [0.5, 0.6) is 11.5 Å². The van der Waals surface area contributed by atoms with Crippen LogP contribution in [-0.2, 0) is 11.4 Å². The van der Waals surface area contributed by atoms with Crippen LogP contribution in [-0.4, -0.2) is 40.5 Å². The molecule has 186 valence electrons. The molecule has 1 amide bonds. The van der Waals surface area contributed by atoms with E-state index >= 15 is 0 Å². The summed E-state index contributed by atoms with van der Waals surface area (Å²) in [4.78, 5) is 22.0. The fourth-order valence-electron chi connectivity index (χ4n) is 3.64. The van der Waals surface area contributed by atoms with E-state index in [0.29, 0.717) is 51.0 Å². The summed E-state index contributed by atoms with van der Waals surface area (Å²) in [5.41, 5.74) is 1.82. The lowest BCUT2D eigenvalue weighted by molar-refractivity contribution is -0.128. The Kier molecular flexibility index (Phi) is 7.85. The van der Waals surface area contributed by atoms with Crippen molar-refractivity contribution >= 4 is 39.9 Å². The average molecular weight is 509 g/mol. The van der Waals surface area contributed by atoms with E-state index in [2.05, 4.69) is 15.3 Å². The van der Waals surface area contributed by atoms with E-state index in [1.807, 2.05) is 25.1 Å². The summed E-state index contributed by atoms with van der Waals surface area (Å²) in [6.45, 7) is 3.91. The number of benzene rings is 3. The number of anilines is 2. The predicted molar refractivity (Wildman–Crippen MR) is 138 cm³/mol. The minimum atomic E-state index is -0.331. The molecule has 4 rings (SSSR count). The number of likely N-dealkylation sites (N-methyl/N-ethyl adjacent to an activating group) is 1. The molecule has 1 unspecified atom stereocenters. The number of hydrogen-bond acceptors (Lipinski definition) is 6. The minimum absolute atomic E-state index is 0.0349. The van der Waals surface area contributed by atoms with Crippen molar-refractivity contribution in [1.29, 1.82) is 0 Å². The molecule has 0 aliphatic heterocycles. The normalized spacial score (nSPS) is 11.7. The smallest absolute Gasteiger partial charge is 0.219 e. The SMILES string of the molecule is CC(=O)N(C)CC(C)Oc1cccc2ncnc(Nc3ccc(OCc4ccccc4F)c(Cl)c3)c12. The summed E-state index contributed by atoms with van der Waals surface area (Å²) in [5.74, 6) is 1.20. The first-order chi connectivity index (χ1) is 17.3. The van der Waals surface area contributed by atoms with Crippen molar-refractivity contribution in [3.05, 3.63) is 83.4 Å². The fourth-order valence-corrected chi connectivity index (χ4v) is 3.88. The van der Waals surface area contributed by atoms with Gasteiger partial charge in [0.05, 0.1) is 22.5 Å². The summed E-state index contributed by atoms with van der Waals surface area (Å²) in [6, 6.07) is 17.2. The lowest BCUT2D eigenvalue weighted by atomic mass is 10.2. The number of amides is 1. The summed E-state index contributed by atoms with van der Waals surface area (Å²) < 4.78 is 25.8. The van der Waals surface area contributed by atoms with E-state index in [4.69, 9.17) is 21.1 Å². The molecule has 0 aliphatic rings. The zero-order chi connectivity index (χ0) is 25.7. The van der Waals surface area contributed by atoms with Gasteiger partial charge in [-0.05, 0) is 43.3 Å². The molecule has 9 heteroatoms. The van der Waals surface area contributed by atoms with E-state index < -0.39 is 0 Å². The highest BCUT2D eigenvalue weighted by Crippen LogP contribution is 2.34. The molecule has 1 N–H and O–H groups in total. The Morgan fingerprint density at radius 1 is 1.11 bits per heavy atom. The maximum atomic E-state index is 13.9. The molecule has 7 nitrogen and oxygen atoms in total. The van der Waals surface area contributed by atoms with Crippen LogP contribution in [0.25, 0.3) is 10.9 Å². The minimum Gasteiger partial charge on any atom is -0.488 e. The number of ether oxygens (including phenoxy) is 2. The molecular formula is C27H26ClFN4O3. The Bertz CT molecular complexity index is 1380. The molecule has 0 spiro atoms. The Hall–Kier alpha value is -3.91. The highest BCUT2D eigenvalue weighted by atomic mass is 35.5. The molecule has 1 heterocycles. The molecule has 0 saturated carbocycles. The summed E-state index contributed by atoms with van der Waals surface area (Å²) in [5, 5.41) is 4.34. The van der Waals surface area contributed by atoms with Gasteiger partial charge < -0.3 is 19.7 Å². The molecule has 1 atom stereocenters. The van der Waals surface area contributed by atoms with E-state index in [1.54, 1.807) is 48.3 Å². The van der Waals surface area contributed by atoms with E-state index in [9.17, 15) is 9.18 Å². The Labute approximate surface area is 213 Å². The maximum Gasteiger partial charge on any atom is 0.219 e. The third kappa shape index (κ3) is 6.01. The number of rotatable bonds is 9. The molecule has 3 aromatic carbocycles. The maximum absolute atomic E-state index is 13.9. The largest absolute Gasteiger partial charge is 0.488 e. The van der Waals surface area contributed by atoms with Crippen LogP contribution in [0.4, 0.5) is 15.9 Å². The van der Waals surface area contributed by atoms with Crippen LogP contribution in [0.1, 0.15) is 19.4 Å². The molecular weight excluding hydrogens is 483 g/mol. The number of halogens is 2. The van der Waals surface area contributed by atoms with Crippen molar-refractivity contribution in [2.24, 2.45) is 0 Å². The second-order valence-electron chi connectivity index (χ2n) is 8.35. The van der Waals surface area contributed by atoms with Gasteiger partial charge >= 0.3 is 0 Å². The van der Waals surface area contributed by atoms with Crippen molar-refractivity contribution in [3.8, 4) is 11.5 Å². The van der Waals surface area contributed by atoms with Gasteiger partial charge in [-0.25, -0.2) is 14.4 Å². The third-order valence-corrected chi connectivity index (χ3v) is 5.85. The quantitative estimate of drug-likeness (QED) is 0.299. The van der Waals surface area contributed by atoms with Crippen LogP contribution in [0.15, 0.2) is 67.0 Å². The standard InChI is InChI=1S/C27H26ClFN4O3/c1-17(14-33(3)18(2)34)36-25-10-6-9-23-26(25)27(31-16-30-23)32-20-11-12-24(21(28)13-20)35-15-19-7-4-5-8-22(19)29/h4-13,16-17H,14-15H2,1-3H3,(H,30,31,32). The molecule has 4 aromatic rings. The molecule has 0 aliphatic carbocycles. The van der Waals surface area contributed by atoms with E-state index in [0.717, 1.165) is 0 Å². The highest BCUT2D eigenvalue weighted by molar-refractivity contribution is 6.32. The van der Waals surface area contributed by atoms with Crippen molar-refractivity contribution in [2.45, 2.75) is 26.6 Å². The zero-order valence-electron chi connectivity index (χ0n) is 20.2. The number of carbonyl (C=O) groups is 1. The van der Waals surface area contributed by atoms with Crippen LogP contribution in [0, 0.1) is 5.82 Å². The van der Waals surface area contributed by atoms with Crippen LogP contribution in [0.3, 0.4) is 0 Å².